The molecule has 1 aliphatic heterocycles. The van der Waals surface area contributed by atoms with Crippen molar-refractivity contribution in [3.8, 4) is 0 Å². The molecule has 0 unspecified atom stereocenters. The van der Waals surface area contributed by atoms with E-state index < -0.39 is 0 Å². The topological polar surface area (TPSA) is 72.1 Å². The minimum Gasteiger partial charge on any atom is -0.368 e. The van der Waals surface area contributed by atoms with Gasteiger partial charge in [-0.25, -0.2) is 4.98 Å². The second-order valence-electron chi connectivity index (χ2n) is 2.92. The van der Waals surface area contributed by atoms with Crippen molar-refractivity contribution in [1.29, 1.82) is 0 Å². The second kappa shape index (κ2) is 3.01. The fourth-order valence-corrected chi connectivity index (χ4v) is 1.40. The molecule has 1 fully saturated rings. The Bertz CT molecular complexity index is 339. The minimum atomic E-state index is 0.109. The Balaban J connectivity index is 2.29. The number of aromatic nitrogens is 2. The summed E-state index contributed by atoms with van der Waals surface area (Å²) in [5.41, 5.74) is 5.41. The predicted molar refractivity (Wildman–Crippen MR) is 48.0 cm³/mol. The zero-order chi connectivity index (χ0) is 9.26. The van der Waals surface area contributed by atoms with Crippen LogP contribution in [0.15, 0.2) is 12.3 Å². The number of nitrogens with two attached hydrogens (primary N) is 1. The maximum absolute atomic E-state index is 11.3. The molecule has 68 valence electrons. The summed E-state index contributed by atoms with van der Waals surface area (Å²) in [6.07, 6.45) is 3.05. The molecule has 1 amide bonds. The molecule has 0 atom stereocenters. The van der Waals surface area contributed by atoms with Gasteiger partial charge in [-0.1, -0.05) is 0 Å². The highest BCUT2D eigenvalue weighted by Gasteiger charge is 2.22. The molecule has 0 spiro atoms. The van der Waals surface area contributed by atoms with Gasteiger partial charge in [-0.2, -0.15) is 4.98 Å². The van der Waals surface area contributed by atoms with Crippen LogP contribution in [0.5, 0.6) is 0 Å². The fourth-order valence-electron chi connectivity index (χ4n) is 1.40. The Kier molecular flexibility index (Phi) is 1.84. The Labute approximate surface area is 75.6 Å². The van der Waals surface area contributed by atoms with Gasteiger partial charge in [0.05, 0.1) is 0 Å². The molecule has 1 aromatic heterocycles. The van der Waals surface area contributed by atoms with Crippen LogP contribution in [0.1, 0.15) is 12.8 Å². The van der Waals surface area contributed by atoms with Gasteiger partial charge in [0, 0.05) is 19.2 Å². The number of hydrogen-bond donors (Lipinski definition) is 1. The van der Waals surface area contributed by atoms with Gasteiger partial charge in [-0.3, -0.25) is 9.69 Å². The number of carbonyl (C=O) groups is 1. The van der Waals surface area contributed by atoms with Gasteiger partial charge < -0.3 is 5.73 Å². The van der Waals surface area contributed by atoms with E-state index in [-0.39, 0.29) is 11.9 Å². The summed E-state index contributed by atoms with van der Waals surface area (Å²) in [6.45, 7) is 0.731. The Morgan fingerprint density at radius 2 is 2.38 bits per heavy atom. The van der Waals surface area contributed by atoms with E-state index in [0.717, 1.165) is 13.0 Å². The quantitative estimate of drug-likeness (QED) is 0.666. The second-order valence-corrected chi connectivity index (χ2v) is 2.92. The first-order chi connectivity index (χ1) is 6.27. The van der Waals surface area contributed by atoms with E-state index in [1.54, 1.807) is 17.2 Å². The molecule has 0 radical (unpaired) electrons. The average molecular weight is 178 g/mol. The number of nitrogens with zero attached hydrogens (tertiary/aromatic N) is 3. The molecule has 2 rings (SSSR count). The van der Waals surface area contributed by atoms with Crippen molar-refractivity contribution in [2.75, 3.05) is 17.2 Å². The Morgan fingerprint density at radius 1 is 1.54 bits per heavy atom. The van der Waals surface area contributed by atoms with Crippen molar-refractivity contribution >= 4 is 17.7 Å². The Hall–Kier alpha value is -1.65. The van der Waals surface area contributed by atoms with Crippen molar-refractivity contribution in [3.63, 3.8) is 0 Å². The molecule has 0 saturated carbocycles. The zero-order valence-corrected chi connectivity index (χ0v) is 7.10. The normalized spacial score (nSPS) is 16.6. The molecular formula is C8H10N4O. The standard InChI is InChI=1S/C8H10N4O/c9-8-10-4-3-6(11-8)12-5-1-2-7(12)13/h3-4H,1-2,5H2,(H2,9,10,11). The lowest BCUT2D eigenvalue weighted by molar-refractivity contribution is -0.117. The first-order valence-corrected chi connectivity index (χ1v) is 4.16. The molecule has 0 bridgehead atoms. The molecule has 5 heteroatoms. The van der Waals surface area contributed by atoms with Crippen molar-refractivity contribution in [2.45, 2.75) is 12.8 Å². The van der Waals surface area contributed by atoms with Gasteiger partial charge in [0.25, 0.3) is 0 Å². The molecule has 0 aromatic carbocycles. The summed E-state index contributed by atoms with van der Waals surface area (Å²) < 4.78 is 0. The summed E-state index contributed by atoms with van der Waals surface area (Å²) in [5, 5.41) is 0. The lowest BCUT2D eigenvalue weighted by Gasteiger charge is -2.13. The average Bonchev–Trinajstić information content (AvgIpc) is 2.51. The van der Waals surface area contributed by atoms with Gasteiger partial charge in [-0.15, -0.1) is 0 Å². The summed E-state index contributed by atoms with van der Waals surface area (Å²) in [6, 6.07) is 1.69. The number of carbonyl (C=O) groups excluding carboxylic acids is 1. The highest BCUT2D eigenvalue weighted by Crippen LogP contribution is 2.18. The smallest absolute Gasteiger partial charge is 0.228 e. The molecule has 2 N–H and O–H groups in total. The number of amides is 1. The van der Waals surface area contributed by atoms with Crippen LogP contribution in [0.25, 0.3) is 0 Å². The van der Waals surface area contributed by atoms with Gasteiger partial charge in [0.2, 0.25) is 11.9 Å². The van der Waals surface area contributed by atoms with Crippen molar-refractivity contribution in [3.05, 3.63) is 12.3 Å². The molecule has 2 heterocycles. The van der Waals surface area contributed by atoms with Gasteiger partial charge >= 0.3 is 0 Å². The van der Waals surface area contributed by atoms with E-state index in [2.05, 4.69) is 9.97 Å². The summed E-state index contributed by atoms with van der Waals surface area (Å²) in [5.74, 6) is 0.922. The number of nitrogen functional groups attached to an aromatic ring is 1. The molecule has 13 heavy (non-hydrogen) atoms. The van der Waals surface area contributed by atoms with Crippen LogP contribution in [0.2, 0.25) is 0 Å². The van der Waals surface area contributed by atoms with E-state index in [1.165, 1.54) is 0 Å². The maximum atomic E-state index is 11.3. The molecule has 1 saturated heterocycles. The number of hydrogen-bond acceptors (Lipinski definition) is 4. The summed E-state index contributed by atoms with van der Waals surface area (Å²) >= 11 is 0. The van der Waals surface area contributed by atoms with Crippen molar-refractivity contribution < 1.29 is 4.79 Å². The van der Waals surface area contributed by atoms with E-state index in [9.17, 15) is 4.79 Å². The maximum Gasteiger partial charge on any atom is 0.228 e. The largest absolute Gasteiger partial charge is 0.368 e. The van der Waals surface area contributed by atoms with Gasteiger partial charge in [-0.05, 0) is 12.5 Å². The van der Waals surface area contributed by atoms with Crippen LogP contribution in [-0.2, 0) is 4.79 Å². The predicted octanol–water partition coefficient (Wildman–Crippen LogP) is 0.186. The lowest BCUT2D eigenvalue weighted by atomic mass is 10.4. The number of anilines is 2. The molecule has 0 aliphatic carbocycles. The highest BCUT2D eigenvalue weighted by atomic mass is 16.2. The highest BCUT2D eigenvalue weighted by molar-refractivity contribution is 5.94. The van der Waals surface area contributed by atoms with Crippen LogP contribution in [-0.4, -0.2) is 22.4 Å². The first kappa shape index (κ1) is 7.97. The van der Waals surface area contributed by atoms with Gasteiger partial charge in [0.15, 0.2) is 0 Å². The molecule has 1 aromatic rings. The third-order valence-electron chi connectivity index (χ3n) is 2.01. The Morgan fingerprint density at radius 3 is 3.00 bits per heavy atom. The van der Waals surface area contributed by atoms with E-state index in [0.29, 0.717) is 12.2 Å². The summed E-state index contributed by atoms with van der Waals surface area (Å²) in [4.78, 5) is 20.7. The van der Waals surface area contributed by atoms with Crippen LogP contribution in [0.4, 0.5) is 11.8 Å². The fraction of sp³-hybridized carbons (Fsp3) is 0.375. The van der Waals surface area contributed by atoms with Crippen LogP contribution in [0, 0.1) is 0 Å². The van der Waals surface area contributed by atoms with E-state index >= 15 is 0 Å². The molecular weight excluding hydrogens is 168 g/mol. The monoisotopic (exact) mass is 178 g/mol. The van der Waals surface area contributed by atoms with E-state index in [1.807, 2.05) is 0 Å². The first-order valence-electron chi connectivity index (χ1n) is 4.16. The minimum absolute atomic E-state index is 0.109. The molecule has 5 nitrogen and oxygen atoms in total. The lowest BCUT2D eigenvalue weighted by Crippen LogP contribution is -2.25. The van der Waals surface area contributed by atoms with Crippen molar-refractivity contribution in [1.82, 2.24) is 9.97 Å². The van der Waals surface area contributed by atoms with Crippen LogP contribution < -0.4 is 10.6 Å². The SMILES string of the molecule is Nc1nccc(N2CCCC2=O)n1. The van der Waals surface area contributed by atoms with Crippen LogP contribution >= 0.6 is 0 Å². The van der Waals surface area contributed by atoms with Crippen LogP contribution in [0.3, 0.4) is 0 Å². The third-order valence-corrected chi connectivity index (χ3v) is 2.01. The molecule has 1 aliphatic rings. The van der Waals surface area contributed by atoms with Gasteiger partial charge in [0.1, 0.15) is 5.82 Å². The summed E-state index contributed by atoms with van der Waals surface area (Å²) in [7, 11) is 0. The zero-order valence-electron chi connectivity index (χ0n) is 7.10. The van der Waals surface area contributed by atoms with E-state index in [4.69, 9.17) is 5.73 Å². The number of rotatable bonds is 1. The third kappa shape index (κ3) is 1.44. The van der Waals surface area contributed by atoms with Crippen molar-refractivity contribution in [2.24, 2.45) is 0 Å².